The van der Waals surface area contributed by atoms with E-state index in [0.29, 0.717) is 23.2 Å². The van der Waals surface area contributed by atoms with E-state index in [1.807, 2.05) is 6.92 Å². The van der Waals surface area contributed by atoms with Gasteiger partial charge in [-0.05, 0) is 53.9 Å². The topological polar surface area (TPSA) is 58.6 Å². The Hall–Kier alpha value is -1.07. The second-order valence-corrected chi connectivity index (χ2v) is 5.65. The summed E-state index contributed by atoms with van der Waals surface area (Å²) in [5.41, 5.74) is 0.237. The van der Waals surface area contributed by atoms with Gasteiger partial charge in [0.15, 0.2) is 0 Å². The fraction of sp³-hybridized carbons (Fsp3) is 0.462. The van der Waals surface area contributed by atoms with E-state index in [-0.39, 0.29) is 17.2 Å². The maximum absolute atomic E-state index is 12.1. The molecule has 0 radical (unpaired) electrons. The van der Waals surface area contributed by atoms with Gasteiger partial charge in [0.05, 0.1) is 4.47 Å². The van der Waals surface area contributed by atoms with Gasteiger partial charge in [0.2, 0.25) is 0 Å². The van der Waals surface area contributed by atoms with E-state index in [0.717, 1.165) is 12.8 Å². The first kappa shape index (κ1) is 13.4. The van der Waals surface area contributed by atoms with Gasteiger partial charge in [-0.25, -0.2) is 0 Å². The third kappa shape index (κ3) is 3.03. The number of nitrogens with one attached hydrogen (secondary N) is 1. The molecule has 1 saturated heterocycles. The summed E-state index contributed by atoms with van der Waals surface area (Å²) in [6.07, 6.45) is 1.61. The number of benzene rings is 1. The van der Waals surface area contributed by atoms with Crippen molar-refractivity contribution in [3.63, 3.8) is 0 Å². The van der Waals surface area contributed by atoms with E-state index in [1.165, 1.54) is 6.07 Å². The quantitative estimate of drug-likeness (QED) is 0.881. The number of halogens is 1. The SMILES string of the molecule is CC1(NC(=O)c2ccc(Br)c(O)c2)CCOCC1. The van der Waals surface area contributed by atoms with Crippen molar-refractivity contribution in [2.75, 3.05) is 13.2 Å². The molecular formula is C13H16BrNO3. The number of phenols is 1. The first-order valence-corrected chi connectivity index (χ1v) is 6.68. The summed E-state index contributed by atoms with van der Waals surface area (Å²) in [5, 5.41) is 12.6. The highest BCUT2D eigenvalue weighted by molar-refractivity contribution is 9.10. The highest BCUT2D eigenvalue weighted by atomic mass is 79.9. The summed E-state index contributed by atoms with van der Waals surface area (Å²) in [7, 11) is 0. The lowest BCUT2D eigenvalue weighted by molar-refractivity contribution is 0.0422. The number of carbonyl (C=O) groups excluding carboxylic acids is 1. The molecule has 0 bridgehead atoms. The lowest BCUT2D eigenvalue weighted by Gasteiger charge is -2.34. The molecule has 2 rings (SSSR count). The molecule has 0 unspecified atom stereocenters. The molecule has 1 heterocycles. The summed E-state index contributed by atoms with van der Waals surface area (Å²) in [4.78, 5) is 12.1. The molecule has 0 saturated carbocycles. The van der Waals surface area contributed by atoms with Crippen LogP contribution in [0.15, 0.2) is 22.7 Å². The van der Waals surface area contributed by atoms with Gasteiger partial charge in [0, 0.05) is 24.3 Å². The number of ether oxygens (including phenoxy) is 1. The number of rotatable bonds is 2. The van der Waals surface area contributed by atoms with Gasteiger partial charge >= 0.3 is 0 Å². The molecule has 5 heteroatoms. The third-order valence-corrected chi connectivity index (χ3v) is 3.89. The van der Waals surface area contributed by atoms with Crippen LogP contribution in [0.3, 0.4) is 0 Å². The van der Waals surface area contributed by atoms with Gasteiger partial charge in [-0.3, -0.25) is 4.79 Å². The second kappa shape index (κ2) is 5.28. The van der Waals surface area contributed by atoms with Crippen LogP contribution in [-0.4, -0.2) is 29.8 Å². The van der Waals surface area contributed by atoms with Crippen molar-refractivity contribution in [2.24, 2.45) is 0 Å². The van der Waals surface area contributed by atoms with E-state index in [1.54, 1.807) is 12.1 Å². The van der Waals surface area contributed by atoms with Gasteiger partial charge in [-0.2, -0.15) is 0 Å². The van der Waals surface area contributed by atoms with Crippen molar-refractivity contribution in [3.05, 3.63) is 28.2 Å². The number of hydrogen-bond acceptors (Lipinski definition) is 3. The van der Waals surface area contributed by atoms with Crippen molar-refractivity contribution in [1.82, 2.24) is 5.32 Å². The molecule has 0 aromatic heterocycles. The standard InChI is InChI=1S/C13H16BrNO3/c1-13(4-6-18-7-5-13)15-12(17)9-2-3-10(14)11(16)8-9/h2-3,8,16H,4-7H2,1H3,(H,15,17). The Morgan fingerprint density at radius 3 is 2.72 bits per heavy atom. The summed E-state index contributed by atoms with van der Waals surface area (Å²) < 4.78 is 5.87. The van der Waals surface area contributed by atoms with Crippen LogP contribution in [0.1, 0.15) is 30.1 Å². The molecule has 0 atom stereocenters. The lowest BCUT2D eigenvalue weighted by atomic mass is 9.92. The molecule has 1 amide bonds. The Morgan fingerprint density at radius 2 is 2.11 bits per heavy atom. The molecule has 2 N–H and O–H groups in total. The molecule has 18 heavy (non-hydrogen) atoms. The van der Waals surface area contributed by atoms with Crippen molar-refractivity contribution in [2.45, 2.75) is 25.3 Å². The number of phenolic OH excluding ortho intramolecular Hbond substituents is 1. The lowest BCUT2D eigenvalue weighted by Crippen LogP contribution is -2.49. The van der Waals surface area contributed by atoms with Crippen LogP contribution in [0.4, 0.5) is 0 Å². The largest absolute Gasteiger partial charge is 0.507 e. The molecule has 1 aliphatic rings. The zero-order valence-electron chi connectivity index (χ0n) is 10.2. The van der Waals surface area contributed by atoms with E-state index >= 15 is 0 Å². The van der Waals surface area contributed by atoms with Crippen molar-refractivity contribution in [3.8, 4) is 5.75 Å². The summed E-state index contributed by atoms with van der Waals surface area (Å²) in [6, 6.07) is 4.81. The van der Waals surface area contributed by atoms with E-state index < -0.39 is 0 Å². The van der Waals surface area contributed by atoms with E-state index in [9.17, 15) is 9.90 Å². The van der Waals surface area contributed by atoms with Crippen LogP contribution in [0.2, 0.25) is 0 Å². The molecular weight excluding hydrogens is 298 g/mol. The van der Waals surface area contributed by atoms with E-state index in [4.69, 9.17) is 4.74 Å². The van der Waals surface area contributed by atoms with Crippen LogP contribution in [0, 0.1) is 0 Å². The molecule has 1 fully saturated rings. The van der Waals surface area contributed by atoms with Crippen LogP contribution in [-0.2, 0) is 4.74 Å². The van der Waals surface area contributed by atoms with Crippen LogP contribution < -0.4 is 5.32 Å². The molecule has 4 nitrogen and oxygen atoms in total. The molecule has 0 spiro atoms. The van der Waals surface area contributed by atoms with Gasteiger partial charge in [-0.15, -0.1) is 0 Å². The molecule has 1 aliphatic heterocycles. The average molecular weight is 314 g/mol. The smallest absolute Gasteiger partial charge is 0.251 e. The predicted octanol–water partition coefficient (Wildman–Crippen LogP) is 2.45. The van der Waals surface area contributed by atoms with Crippen molar-refractivity contribution >= 4 is 21.8 Å². The number of carbonyl (C=O) groups is 1. The van der Waals surface area contributed by atoms with Crippen molar-refractivity contribution in [1.29, 1.82) is 0 Å². The molecule has 1 aromatic carbocycles. The minimum Gasteiger partial charge on any atom is -0.507 e. The van der Waals surface area contributed by atoms with Crippen LogP contribution in [0.5, 0.6) is 5.75 Å². The first-order valence-electron chi connectivity index (χ1n) is 5.89. The van der Waals surface area contributed by atoms with Gasteiger partial charge in [0.1, 0.15) is 5.75 Å². The monoisotopic (exact) mass is 313 g/mol. The van der Waals surface area contributed by atoms with Gasteiger partial charge in [-0.1, -0.05) is 0 Å². The average Bonchev–Trinajstić information content (AvgIpc) is 2.33. The minimum atomic E-state index is -0.224. The van der Waals surface area contributed by atoms with Crippen LogP contribution >= 0.6 is 15.9 Å². The normalized spacial score (nSPS) is 18.3. The number of aromatic hydroxyl groups is 1. The molecule has 0 aliphatic carbocycles. The summed E-state index contributed by atoms with van der Waals surface area (Å²) in [5.74, 6) is -0.0954. The Balaban J connectivity index is 2.09. The summed E-state index contributed by atoms with van der Waals surface area (Å²) >= 11 is 3.19. The predicted molar refractivity (Wildman–Crippen MR) is 71.7 cm³/mol. The second-order valence-electron chi connectivity index (χ2n) is 4.79. The number of amides is 1. The zero-order valence-corrected chi connectivity index (χ0v) is 11.8. The Bertz CT molecular complexity index is 456. The minimum absolute atomic E-state index is 0.0692. The Kier molecular flexibility index (Phi) is 3.92. The number of hydrogen-bond donors (Lipinski definition) is 2. The molecule has 1 aromatic rings. The first-order chi connectivity index (χ1) is 8.50. The Labute approximate surface area is 114 Å². The third-order valence-electron chi connectivity index (χ3n) is 3.22. The van der Waals surface area contributed by atoms with Crippen LogP contribution in [0.25, 0.3) is 0 Å². The Morgan fingerprint density at radius 1 is 1.44 bits per heavy atom. The zero-order chi connectivity index (χ0) is 13.2. The molecule has 98 valence electrons. The van der Waals surface area contributed by atoms with Crippen molar-refractivity contribution < 1.29 is 14.6 Å². The van der Waals surface area contributed by atoms with Gasteiger partial charge in [0.25, 0.3) is 5.91 Å². The maximum Gasteiger partial charge on any atom is 0.251 e. The van der Waals surface area contributed by atoms with E-state index in [2.05, 4.69) is 21.2 Å². The highest BCUT2D eigenvalue weighted by Gasteiger charge is 2.29. The fourth-order valence-electron chi connectivity index (χ4n) is 1.95. The highest BCUT2D eigenvalue weighted by Crippen LogP contribution is 2.25. The fourth-order valence-corrected chi connectivity index (χ4v) is 2.19. The maximum atomic E-state index is 12.1. The van der Waals surface area contributed by atoms with Gasteiger partial charge < -0.3 is 15.2 Å². The summed E-state index contributed by atoms with van der Waals surface area (Å²) in [6.45, 7) is 3.36.